The molecule has 0 spiro atoms. The third-order valence-corrected chi connectivity index (χ3v) is 8.60. The second-order valence-corrected chi connectivity index (χ2v) is 12.5. The Hall–Kier alpha value is -3.17. The van der Waals surface area contributed by atoms with Gasteiger partial charge >= 0.3 is 0 Å². The molecule has 9 heteroatoms. The average Bonchev–Trinajstić information content (AvgIpc) is 2.94. The molecule has 2 amide bonds. The Balaban J connectivity index is 1.97. The fraction of sp³-hybridized carbons (Fsp3) is 0.333. The summed E-state index contributed by atoms with van der Waals surface area (Å²) in [5.41, 5.74) is 1.38. The van der Waals surface area contributed by atoms with Crippen molar-refractivity contribution in [2.45, 2.75) is 44.6 Å². The monoisotopic (exact) mass is 613 g/mol. The Bertz CT molecular complexity index is 1320. The Morgan fingerprint density at radius 3 is 2.05 bits per heavy atom. The van der Waals surface area contributed by atoms with E-state index in [0.29, 0.717) is 25.1 Å². The summed E-state index contributed by atoms with van der Waals surface area (Å²) in [4.78, 5) is 28.8. The molecule has 208 valence electrons. The number of hydrogen-bond donors (Lipinski definition) is 1. The van der Waals surface area contributed by atoms with Crippen molar-refractivity contribution in [1.82, 2.24) is 10.2 Å². The summed E-state index contributed by atoms with van der Waals surface area (Å²) in [6.45, 7) is 6.19. The van der Waals surface area contributed by atoms with Gasteiger partial charge in [0.2, 0.25) is 11.8 Å². The van der Waals surface area contributed by atoms with Crippen molar-refractivity contribution >= 4 is 43.5 Å². The van der Waals surface area contributed by atoms with Crippen molar-refractivity contribution in [2.75, 3.05) is 23.9 Å². The number of benzene rings is 3. The number of rotatable bonds is 13. The van der Waals surface area contributed by atoms with Gasteiger partial charge in [0.15, 0.2) is 0 Å². The zero-order valence-corrected chi connectivity index (χ0v) is 25.0. The molecule has 3 rings (SSSR count). The second kappa shape index (κ2) is 14.3. The summed E-state index contributed by atoms with van der Waals surface area (Å²) in [7, 11) is -4.07. The Morgan fingerprint density at radius 2 is 1.49 bits per heavy atom. The largest absolute Gasteiger partial charge is 0.354 e. The molecule has 39 heavy (non-hydrogen) atoms. The first kappa shape index (κ1) is 30.4. The van der Waals surface area contributed by atoms with E-state index in [1.54, 1.807) is 42.5 Å². The fourth-order valence-electron chi connectivity index (χ4n) is 4.17. The Labute approximate surface area is 240 Å². The van der Waals surface area contributed by atoms with E-state index >= 15 is 0 Å². The number of halogens is 1. The summed E-state index contributed by atoms with van der Waals surface area (Å²) >= 11 is 3.39. The number of carbonyl (C=O) groups excluding carboxylic acids is 2. The van der Waals surface area contributed by atoms with Gasteiger partial charge in [-0.1, -0.05) is 85.2 Å². The number of sulfonamides is 1. The van der Waals surface area contributed by atoms with E-state index < -0.39 is 28.5 Å². The number of carbonyl (C=O) groups is 2. The lowest BCUT2D eigenvalue weighted by Gasteiger charge is -2.33. The smallest absolute Gasteiger partial charge is 0.264 e. The maximum absolute atomic E-state index is 14.0. The molecular formula is C30H36BrN3O4S. The predicted molar refractivity (Wildman–Crippen MR) is 159 cm³/mol. The predicted octanol–water partition coefficient (Wildman–Crippen LogP) is 5.27. The van der Waals surface area contributed by atoms with E-state index in [0.717, 1.165) is 14.3 Å². The van der Waals surface area contributed by atoms with Crippen LogP contribution in [0.5, 0.6) is 0 Å². The molecule has 0 aliphatic carbocycles. The maximum Gasteiger partial charge on any atom is 0.264 e. The summed E-state index contributed by atoms with van der Waals surface area (Å²) in [5.74, 6) is -0.433. The molecule has 0 fully saturated rings. The highest BCUT2D eigenvalue weighted by Gasteiger charge is 2.33. The van der Waals surface area contributed by atoms with Crippen LogP contribution in [0.15, 0.2) is 94.3 Å². The van der Waals surface area contributed by atoms with E-state index in [2.05, 4.69) is 21.2 Å². The van der Waals surface area contributed by atoms with Crippen LogP contribution in [0.4, 0.5) is 5.69 Å². The number of hydrogen-bond acceptors (Lipinski definition) is 4. The molecule has 0 aromatic heterocycles. The van der Waals surface area contributed by atoms with Gasteiger partial charge in [-0.05, 0) is 60.7 Å². The number of nitrogens with one attached hydrogen (secondary N) is 1. The topological polar surface area (TPSA) is 86.8 Å². The van der Waals surface area contributed by atoms with Gasteiger partial charge in [0.1, 0.15) is 12.6 Å². The molecule has 0 saturated heterocycles. The fourth-order valence-corrected chi connectivity index (χ4v) is 5.87. The van der Waals surface area contributed by atoms with Crippen molar-refractivity contribution in [1.29, 1.82) is 0 Å². The van der Waals surface area contributed by atoms with Gasteiger partial charge in [0, 0.05) is 17.6 Å². The highest BCUT2D eigenvalue weighted by molar-refractivity contribution is 9.10. The minimum atomic E-state index is -4.07. The number of amides is 2. The SMILES string of the molecule is CC[C@H](C(=O)NCC(C)C)N(CCc1ccccc1)C(=O)CN(c1ccc(Br)cc1)S(=O)(=O)c1ccccc1. The van der Waals surface area contributed by atoms with E-state index in [1.165, 1.54) is 17.0 Å². The van der Waals surface area contributed by atoms with Crippen LogP contribution in [0.1, 0.15) is 32.8 Å². The van der Waals surface area contributed by atoms with Crippen LogP contribution < -0.4 is 9.62 Å². The van der Waals surface area contributed by atoms with Crippen LogP contribution in [0, 0.1) is 5.92 Å². The first-order valence-electron chi connectivity index (χ1n) is 13.1. The molecule has 0 saturated carbocycles. The molecule has 3 aromatic rings. The summed E-state index contributed by atoms with van der Waals surface area (Å²) in [6, 6.07) is 23.8. The van der Waals surface area contributed by atoms with Crippen molar-refractivity contribution in [3.63, 3.8) is 0 Å². The van der Waals surface area contributed by atoms with Crippen LogP contribution in [0.2, 0.25) is 0 Å². The maximum atomic E-state index is 14.0. The van der Waals surface area contributed by atoms with E-state index in [1.807, 2.05) is 51.1 Å². The van der Waals surface area contributed by atoms with Crippen LogP contribution in [-0.4, -0.2) is 50.8 Å². The molecule has 0 aliphatic heterocycles. The second-order valence-electron chi connectivity index (χ2n) is 9.69. The first-order chi connectivity index (χ1) is 18.6. The molecule has 7 nitrogen and oxygen atoms in total. The van der Waals surface area contributed by atoms with E-state index in [9.17, 15) is 18.0 Å². The van der Waals surface area contributed by atoms with Gasteiger partial charge in [0.05, 0.1) is 10.6 Å². The number of nitrogens with zero attached hydrogens (tertiary/aromatic N) is 2. The zero-order chi connectivity index (χ0) is 28.4. The molecule has 0 unspecified atom stereocenters. The normalized spacial score (nSPS) is 12.1. The minimum Gasteiger partial charge on any atom is -0.354 e. The van der Waals surface area contributed by atoms with Crippen molar-refractivity contribution < 1.29 is 18.0 Å². The molecule has 1 atom stereocenters. The van der Waals surface area contributed by atoms with E-state index in [4.69, 9.17) is 0 Å². The molecule has 1 N–H and O–H groups in total. The van der Waals surface area contributed by atoms with Crippen molar-refractivity contribution in [3.05, 3.63) is 95.0 Å². The van der Waals surface area contributed by atoms with Gasteiger partial charge in [-0.2, -0.15) is 0 Å². The number of anilines is 1. The average molecular weight is 615 g/mol. The highest BCUT2D eigenvalue weighted by atomic mass is 79.9. The van der Waals surface area contributed by atoms with Crippen molar-refractivity contribution in [3.8, 4) is 0 Å². The van der Waals surface area contributed by atoms with Crippen LogP contribution in [0.25, 0.3) is 0 Å². The van der Waals surface area contributed by atoms with Crippen LogP contribution >= 0.6 is 15.9 Å². The summed E-state index contributed by atoms with van der Waals surface area (Å²) in [6.07, 6.45) is 0.929. The molecule has 0 aliphatic rings. The quantitative estimate of drug-likeness (QED) is 0.285. The molecular weight excluding hydrogens is 578 g/mol. The molecule has 0 bridgehead atoms. The molecule has 0 radical (unpaired) electrons. The Kier molecular flexibility index (Phi) is 11.1. The summed E-state index contributed by atoms with van der Waals surface area (Å²) < 4.78 is 29.4. The summed E-state index contributed by atoms with van der Waals surface area (Å²) in [5, 5.41) is 2.94. The highest BCUT2D eigenvalue weighted by Crippen LogP contribution is 2.26. The van der Waals surface area contributed by atoms with Crippen molar-refractivity contribution in [2.24, 2.45) is 5.92 Å². The van der Waals surface area contributed by atoms with Gasteiger partial charge in [-0.25, -0.2) is 8.42 Å². The lowest BCUT2D eigenvalue weighted by Crippen LogP contribution is -2.53. The third-order valence-electron chi connectivity index (χ3n) is 6.28. The molecule has 0 heterocycles. The zero-order valence-electron chi connectivity index (χ0n) is 22.6. The van der Waals surface area contributed by atoms with Gasteiger partial charge < -0.3 is 10.2 Å². The van der Waals surface area contributed by atoms with Crippen LogP contribution in [0.3, 0.4) is 0 Å². The standard InChI is InChI=1S/C30H36BrN3O4S/c1-4-28(30(36)32-21-23(2)3)33(20-19-24-11-7-5-8-12-24)29(35)22-34(26-17-15-25(31)16-18-26)39(37,38)27-13-9-6-10-14-27/h5-18,23,28H,4,19-22H2,1-3H3,(H,32,36)/t28-/m1/s1. The first-order valence-corrected chi connectivity index (χ1v) is 15.3. The lowest BCUT2D eigenvalue weighted by atomic mass is 10.1. The minimum absolute atomic E-state index is 0.0817. The third kappa shape index (κ3) is 8.41. The van der Waals surface area contributed by atoms with Gasteiger partial charge in [-0.15, -0.1) is 0 Å². The van der Waals surface area contributed by atoms with Gasteiger partial charge in [0.25, 0.3) is 10.0 Å². The van der Waals surface area contributed by atoms with Crippen LogP contribution in [-0.2, 0) is 26.0 Å². The molecule has 3 aromatic carbocycles. The van der Waals surface area contributed by atoms with Gasteiger partial charge in [-0.3, -0.25) is 13.9 Å². The Morgan fingerprint density at radius 1 is 0.897 bits per heavy atom. The van der Waals surface area contributed by atoms with E-state index in [-0.39, 0.29) is 23.3 Å². The lowest BCUT2D eigenvalue weighted by molar-refractivity contribution is -0.139.